The van der Waals surface area contributed by atoms with E-state index in [2.05, 4.69) is 22.2 Å². The van der Waals surface area contributed by atoms with Gasteiger partial charge in [-0.05, 0) is 37.9 Å². The van der Waals surface area contributed by atoms with Gasteiger partial charge < -0.3 is 16.0 Å². The molecule has 0 saturated carbocycles. The molecular formula is C13H23N5O. The van der Waals surface area contributed by atoms with Gasteiger partial charge in [0.15, 0.2) is 0 Å². The number of carbonyl (C=O) groups excluding carboxylic acids is 1. The van der Waals surface area contributed by atoms with Crippen molar-refractivity contribution >= 4 is 11.7 Å². The van der Waals surface area contributed by atoms with Crippen molar-refractivity contribution in [3.63, 3.8) is 0 Å². The van der Waals surface area contributed by atoms with E-state index in [9.17, 15) is 4.79 Å². The minimum Gasteiger partial charge on any atom is -0.382 e. The lowest BCUT2D eigenvalue weighted by Gasteiger charge is -2.30. The van der Waals surface area contributed by atoms with Crippen molar-refractivity contribution in [1.82, 2.24) is 20.0 Å². The molecule has 106 valence electrons. The lowest BCUT2D eigenvalue weighted by atomic mass is 9.99. The van der Waals surface area contributed by atoms with E-state index >= 15 is 0 Å². The predicted molar refractivity (Wildman–Crippen MR) is 74.5 cm³/mol. The first-order chi connectivity index (χ1) is 9.13. The second kappa shape index (κ2) is 6.56. The maximum Gasteiger partial charge on any atom is 0.241 e. The number of piperidine rings is 1. The van der Waals surface area contributed by atoms with Crippen LogP contribution in [0.5, 0.6) is 0 Å². The molecular weight excluding hydrogens is 242 g/mol. The van der Waals surface area contributed by atoms with Crippen molar-refractivity contribution in [2.75, 3.05) is 31.9 Å². The number of carbonyl (C=O) groups is 1. The van der Waals surface area contributed by atoms with Gasteiger partial charge in [0.05, 0.1) is 0 Å². The average Bonchev–Trinajstić information content (AvgIpc) is 2.77. The van der Waals surface area contributed by atoms with Crippen LogP contribution in [0.3, 0.4) is 0 Å². The Balaban J connectivity index is 1.61. The van der Waals surface area contributed by atoms with Crippen LogP contribution in [0, 0.1) is 5.92 Å². The highest BCUT2D eigenvalue weighted by molar-refractivity contribution is 5.75. The zero-order valence-corrected chi connectivity index (χ0v) is 11.5. The number of amides is 1. The van der Waals surface area contributed by atoms with Gasteiger partial charge in [0.25, 0.3) is 0 Å². The van der Waals surface area contributed by atoms with Crippen molar-refractivity contribution in [2.45, 2.75) is 26.3 Å². The molecule has 0 bridgehead atoms. The molecule has 0 aliphatic carbocycles. The van der Waals surface area contributed by atoms with Crippen LogP contribution < -0.4 is 11.1 Å². The van der Waals surface area contributed by atoms with Crippen LogP contribution in [-0.2, 0) is 11.3 Å². The number of rotatable bonds is 5. The van der Waals surface area contributed by atoms with Gasteiger partial charge in [-0.3, -0.25) is 9.48 Å². The summed E-state index contributed by atoms with van der Waals surface area (Å²) in [4.78, 5) is 14.1. The third-order valence-electron chi connectivity index (χ3n) is 3.59. The van der Waals surface area contributed by atoms with Gasteiger partial charge in [-0.1, -0.05) is 6.92 Å². The van der Waals surface area contributed by atoms with Crippen molar-refractivity contribution in [1.29, 1.82) is 0 Å². The van der Waals surface area contributed by atoms with Crippen molar-refractivity contribution in [3.05, 3.63) is 12.3 Å². The molecule has 1 aromatic heterocycles. The summed E-state index contributed by atoms with van der Waals surface area (Å²) in [6.07, 6.45) is 4.24. The molecule has 1 aromatic rings. The second-order valence-corrected chi connectivity index (χ2v) is 5.31. The number of anilines is 1. The van der Waals surface area contributed by atoms with Gasteiger partial charge in [-0.25, -0.2) is 0 Å². The number of aromatic nitrogens is 2. The van der Waals surface area contributed by atoms with Crippen molar-refractivity contribution in [3.8, 4) is 0 Å². The van der Waals surface area contributed by atoms with E-state index < -0.39 is 0 Å². The van der Waals surface area contributed by atoms with Gasteiger partial charge in [0.2, 0.25) is 5.91 Å². The van der Waals surface area contributed by atoms with E-state index in [0.717, 1.165) is 25.6 Å². The molecule has 0 spiro atoms. The van der Waals surface area contributed by atoms with Crippen LogP contribution in [0.15, 0.2) is 12.3 Å². The van der Waals surface area contributed by atoms with E-state index in [1.807, 2.05) is 0 Å². The standard InChI is InChI=1S/C13H23N5O/c1-11-2-6-17(7-3-11)9-5-15-13(19)10-18-8-4-12(14)16-18/h4,8,11H,2-3,5-7,9-10H2,1H3,(H2,14,16)(H,15,19). The third-order valence-corrected chi connectivity index (χ3v) is 3.59. The molecule has 1 amide bonds. The lowest BCUT2D eigenvalue weighted by Crippen LogP contribution is -2.40. The number of hydrogen-bond acceptors (Lipinski definition) is 4. The summed E-state index contributed by atoms with van der Waals surface area (Å²) in [5.74, 6) is 1.26. The number of nitrogen functional groups attached to an aromatic ring is 1. The topological polar surface area (TPSA) is 76.2 Å². The Morgan fingerprint density at radius 2 is 2.26 bits per heavy atom. The van der Waals surface area contributed by atoms with Crippen LogP contribution in [0.4, 0.5) is 5.82 Å². The van der Waals surface area contributed by atoms with Crippen molar-refractivity contribution in [2.24, 2.45) is 5.92 Å². The van der Waals surface area contributed by atoms with Crippen LogP contribution in [-0.4, -0.2) is 46.8 Å². The van der Waals surface area contributed by atoms with Gasteiger partial charge in [0, 0.05) is 19.3 Å². The summed E-state index contributed by atoms with van der Waals surface area (Å²) in [7, 11) is 0. The zero-order chi connectivity index (χ0) is 13.7. The Morgan fingerprint density at radius 1 is 1.53 bits per heavy atom. The Hall–Kier alpha value is -1.56. The third kappa shape index (κ3) is 4.55. The quantitative estimate of drug-likeness (QED) is 0.803. The monoisotopic (exact) mass is 265 g/mol. The first-order valence-corrected chi connectivity index (χ1v) is 6.91. The fourth-order valence-electron chi connectivity index (χ4n) is 2.31. The van der Waals surface area contributed by atoms with Crippen LogP contribution in [0.2, 0.25) is 0 Å². The number of nitrogens with one attached hydrogen (secondary N) is 1. The van der Waals surface area contributed by atoms with E-state index in [-0.39, 0.29) is 12.5 Å². The van der Waals surface area contributed by atoms with Gasteiger partial charge in [0.1, 0.15) is 12.4 Å². The molecule has 0 atom stereocenters. The highest BCUT2D eigenvalue weighted by Gasteiger charge is 2.15. The fourth-order valence-corrected chi connectivity index (χ4v) is 2.31. The second-order valence-electron chi connectivity index (χ2n) is 5.31. The van der Waals surface area contributed by atoms with E-state index in [4.69, 9.17) is 5.73 Å². The fraction of sp³-hybridized carbons (Fsp3) is 0.692. The number of nitrogens with two attached hydrogens (primary N) is 1. The SMILES string of the molecule is CC1CCN(CCNC(=O)Cn2ccc(N)n2)CC1. The van der Waals surface area contributed by atoms with E-state index in [1.54, 1.807) is 16.9 Å². The number of hydrogen-bond donors (Lipinski definition) is 2. The number of likely N-dealkylation sites (tertiary alicyclic amines) is 1. The summed E-state index contributed by atoms with van der Waals surface area (Å²) in [6, 6.07) is 1.68. The molecule has 3 N–H and O–H groups in total. The van der Waals surface area contributed by atoms with Crippen LogP contribution in [0.25, 0.3) is 0 Å². The molecule has 1 fully saturated rings. The van der Waals surface area contributed by atoms with Crippen LogP contribution >= 0.6 is 0 Å². The molecule has 2 rings (SSSR count). The van der Waals surface area contributed by atoms with Crippen molar-refractivity contribution < 1.29 is 4.79 Å². The Kier molecular flexibility index (Phi) is 4.79. The molecule has 1 aliphatic rings. The summed E-state index contributed by atoms with van der Waals surface area (Å²) >= 11 is 0. The highest BCUT2D eigenvalue weighted by Crippen LogP contribution is 2.14. The molecule has 6 heteroatoms. The first-order valence-electron chi connectivity index (χ1n) is 6.91. The molecule has 19 heavy (non-hydrogen) atoms. The van der Waals surface area contributed by atoms with Crippen LogP contribution in [0.1, 0.15) is 19.8 Å². The maximum atomic E-state index is 11.7. The molecule has 0 radical (unpaired) electrons. The smallest absolute Gasteiger partial charge is 0.241 e. The Bertz CT molecular complexity index is 409. The molecule has 6 nitrogen and oxygen atoms in total. The average molecular weight is 265 g/mol. The number of nitrogens with zero attached hydrogens (tertiary/aromatic N) is 3. The highest BCUT2D eigenvalue weighted by atomic mass is 16.2. The van der Waals surface area contributed by atoms with Gasteiger partial charge in [-0.15, -0.1) is 0 Å². The zero-order valence-electron chi connectivity index (χ0n) is 11.5. The Morgan fingerprint density at radius 3 is 2.89 bits per heavy atom. The molecule has 0 unspecified atom stereocenters. The summed E-state index contributed by atoms with van der Waals surface area (Å²) < 4.78 is 1.55. The molecule has 1 aliphatic heterocycles. The maximum absolute atomic E-state index is 11.7. The summed E-state index contributed by atoms with van der Waals surface area (Å²) in [5.41, 5.74) is 5.49. The molecule has 2 heterocycles. The minimum atomic E-state index is -0.0199. The van der Waals surface area contributed by atoms with Gasteiger partial charge in [-0.2, -0.15) is 5.10 Å². The minimum absolute atomic E-state index is 0.0199. The Labute approximate surface area is 113 Å². The first kappa shape index (κ1) is 13.9. The lowest BCUT2D eigenvalue weighted by molar-refractivity contribution is -0.121. The molecule has 0 aromatic carbocycles. The normalized spacial score (nSPS) is 17.5. The van der Waals surface area contributed by atoms with Gasteiger partial charge >= 0.3 is 0 Å². The predicted octanol–water partition coefficient (Wildman–Crippen LogP) is 0.313. The van der Waals surface area contributed by atoms with E-state index in [0.29, 0.717) is 12.4 Å². The molecule has 1 saturated heterocycles. The summed E-state index contributed by atoms with van der Waals surface area (Å²) in [5, 5.41) is 6.90. The largest absolute Gasteiger partial charge is 0.382 e. The van der Waals surface area contributed by atoms with E-state index in [1.165, 1.54) is 12.8 Å². The summed E-state index contributed by atoms with van der Waals surface area (Å²) in [6.45, 7) is 6.45.